The van der Waals surface area contributed by atoms with E-state index < -0.39 is 0 Å². The third-order valence-electron chi connectivity index (χ3n) is 2.14. The van der Waals surface area contributed by atoms with Gasteiger partial charge in [-0.2, -0.15) is 0 Å². The van der Waals surface area contributed by atoms with E-state index in [4.69, 9.17) is 4.74 Å². The first-order valence-electron chi connectivity index (χ1n) is 4.85. The zero-order valence-electron chi connectivity index (χ0n) is 8.96. The van der Waals surface area contributed by atoms with Crippen LogP contribution in [-0.2, 0) is 16.0 Å². The molecule has 2 heteroatoms. The van der Waals surface area contributed by atoms with Crippen LogP contribution < -0.4 is 0 Å². The molecule has 1 aromatic rings. The summed E-state index contributed by atoms with van der Waals surface area (Å²) in [4.78, 5) is 11.3. The van der Waals surface area contributed by atoms with Crippen molar-refractivity contribution in [1.82, 2.24) is 0 Å². The molecule has 0 aliphatic carbocycles. The first-order chi connectivity index (χ1) is 6.63. The molecule has 0 aliphatic heterocycles. The van der Waals surface area contributed by atoms with Gasteiger partial charge in [0.05, 0.1) is 13.0 Å². The van der Waals surface area contributed by atoms with Crippen LogP contribution in [-0.4, -0.2) is 12.6 Å². The van der Waals surface area contributed by atoms with Gasteiger partial charge in [0.25, 0.3) is 0 Å². The largest absolute Gasteiger partial charge is 0.466 e. The van der Waals surface area contributed by atoms with Crippen LogP contribution in [0.5, 0.6) is 0 Å². The molecular weight excluding hydrogens is 176 g/mol. The monoisotopic (exact) mass is 192 g/mol. The zero-order valence-corrected chi connectivity index (χ0v) is 8.96. The van der Waals surface area contributed by atoms with Crippen LogP contribution in [0.2, 0.25) is 0 Å². The van der Waals surface area contributed by atoms with Crippen molar-refractivity contribution in [2.75, 3.05) is 6.61 Å². The van der Waals surface area contributed by atoms with E-state index in [1.807, 2.05) is 39.0 Å². The summed E-state index contributed by atoms with van der Waals surface area (Å²) in [5.74, 6) is -0.152. The molecule has 2 nitrogen and oxygen atoms in total. The number of carbonyl (C=O) groups excluding carboxylic acids is 1. The van der Waals surface area contributed by atoms with Gasteiger partial charge in [0.15, 0.2) is 0 Å². The fourth-order valence-electron chi connectivity index (χ4n) is 1.36. The summed E-state index contributed by atoms with van der Waals surface area (Å²) >= 11 is 0. The number of rotatable bonds is 3. The second kappa shape index (κ2) is 4.80. The highest BCUT2D eigenvalue weighted by Crippen LogP contribution is 2.11. The molecule has 0 N–H and O–H groups in total. The Balaban J connectivity index is 2.75. The summed E-state index contributed by atoms with van der Waals surface area (Å²) in [5.41, 5.74) is 3.38. The molecule has 14 heavy (non-hydrogen) atoms. The lowest BCUT2D eigenvalue weighted by atomic mass is 10.0. The molecule has 0 aromatic heterocycles. The van der Waals surface area contributed by atoms with Crippen LogP contribution >= 0.6 is 0 Å². The summed E-state index contributed by atoms with van der Waals surface area (Å²) in [5, 5.41) is 0. The lowest BCUT2D eigenvalue weighted by molar-refractivity contribution is -0.142. The first kappa shape index (κ1) is 10.8. The first-order valence-corrected chi connectivity index (χ1v) is 4.85. The molecule has 1 rings (SSSR count). The molecule has 0 radical (unpaired) electrons. The van der Waals surface area contributed by atoms with Crippen LogP contribution in [0.15, 0.2) is 18.2 Å². The molecule has 0 saturated heterocycles. The van der Waals surface area contributed by atoms with Crippen molar-refractivity contribution in [3.63, 3.8) is 0 Å². The average molecular weight is 192 g/mol. The van der Waals surface area contributed by atoms with E-state index in [0.29, 0.717) is 13.0 Å². The van der Waals surface area contributed by atoms with E-state index >= 15 is 0 Å². The van der Waals surface area contributed by atoms with Gasteiger partial charge in [-0.05, 0) is 31.9 Å². The number of hydrogen-bond donors (Lipinski definition) is 0. The van der Waals surface area contributed by atoms with Crippen molar-refractivity contribution in [3.8, 4) is 0 Å². The van der Waals surface area contributed by atoms with Gasteiger partial charge in [-0.3, -0.25) is 4.79 Å². The van der Waals surface area contributed by atoms with Crippen molar-refractivity contribution in [3.05, 3.63) is 34.9 Å². The maximum absolute atomic E-state index is 11.3. The zero-order chi connectivity index (χ0) is 10.6. The molecular formula is C12H16O2. The highest BCUT2D eigenvalue weighted by molar-refractivity contribution is 5.73. The van der Waals surface area contributed by atoms with Gasteiger partial charge in [-0.15, -0.1) is 0 Å². The fraction of sp³-hybridized carbons (Fsp3) is 0.417. The predicted octanol–water partition coefficient (Wildman–Crippen LogP) is 2.41. The fourth-order valence-corrected chi connectivity index (χ4v) is 1.36. The van der Waals surface area contributed by atoms with Crippen LogP contribution in [0.1, 0.15) is 23.6 Å². The number of carbonyl (C=O) groups is 1. The number of esters is 1. The SMILES string of the molecule is CCOC(=O)Cc1cc(C)ccc1C. The van der Waals surface area contributed by atoms with E-state index in [-0.39, 0.29) is 5.97 Å². The Bertz CT molecular complexity index is 329. The lowest BCUT2D eigenvalue weighted by Crippen LogP contribution is -2.08. The molecule has 0 unspecified atom stereocenters. The molecule has 0 saturated carbocycles. The standard InChI is InChI=1S/C12H16O2/c1-4-14-12(13)8-11-7-9(2)5-6-10(11)3/h5-7H,4,8H2,1-3H3. The second-order valence-corrected chi connectivity index (χ2v) is 3.41. The maximum atomic E-state index is 11.3. The molecule has 76 valence electrons. The van der Waals surface area contributed by atoms with Crippen LogP contribution in [0.3, 0.4) is 0 Å². The Hall–Kier alpha value is -1.31. The number of hydrogen-bond acceptors (Lipinski definition) is 2. The van der Waals surface area contributed by atoms with Crippen molar-refractivity contribution in [2.45, 2.75) is 27.2 Å². The molecule has 0 spiro atoms. The second-order valence-electron chi connectivity index (χ2n) is 3.41. The Morgan fingerprint density at radius 1 is 1.36 bits per heavy atom. The molecule has 0 bridgehead atoms. The van der Waals surface area contributed by atoms with E-state index in [1.165, 1.54) is 5.56 Å². The Morgan fingerprint density at radius 2 is 2.07 bits per heavy atom. The quantitative estimate of drug-likeness (QED) is 0.687. The molecule has 1 aromatic carbocycles. The molecule has 0 amide bonds. The highest BCUT2D eigenvalue weighted by Gasteiger charge is 2.06. The van der Waals surface area contributed by atoms with Crippen LogP contribution in [0, 0.1) is 13.8 Å². The Morgan fingerprint density at radius 3 is 2.71 bits per heavy atom. The summed E-state index contributed by atoms with van der Waals surface area (Å²) < 4.78 is 4.90. The molecule has 0 aliphatic rings. The normalized spacial score (nSPS) is 9.93. The molecule has 0 atom stereocenters. The molecule has 0 heterocycles. The minimum Gasteiger partial charge on any atom is -0.466 e. The van der Waals surface area contributed by atoms with Crippen molar-refractivity contribution in [1.29, 1.82) is 0 Å². The minimum absolute atomic E-state index is 0.152. The Kier molecular flexibility index (Phi) is 3.69. The number of benzene rings is 1. The van der Waals surface area contributed by atoms with Gasteiger partial charge < -0.3 is 4.74 Å². The van der Waals surface area contributed by atoms with Gasteiger partial charge in [0.1, 0.15) is 0 Å². The van der Waals surface area contributed by atoms with E-state index in [2.05, 4.69) is 0 Å². The third kappa shape index (κ3) is 2.87. The minimum atomic E-state index is -0.152. The molecule has 0 fully saturated rings. The third-order valence-corrected chi connectivity index (χ3v) is 2.14. The van der Waals surface area contributed by atoms with E-state index in [0.717, 1.165) is 11.1 Å². The van der Waals surface area contributed by atoms with Crippen LogP contribution in [0.25, 0.3) is 0 Å². The van der Waals surface area contributed by atoms with Crippen molar-refractivity contribution < 1.29 is 9.53 Å². The number of aryl methyl sites for hydroxylation is 2. The number of ether oxygens (including phenoxy) is 1. The summed E-state index contributed by atoms with van der Waals surface area (Å²) in [6, 6.07) is 6.11. The van der Waals surface area contributed by atoms with Crippen molar-refractivity contribution >= 4 is 5.97 Å². The summed E-state index contributed by atoms with van der Waals surface area (Å²) in [6.45, 7) is 6.30. The maximum Gasteiger partial charge on any atom is 0.310 e. The predicted molar refractivity (Wildman–Crippen MR) is 56.3 cm³/mol. The summed E-state index contributed by atoms with van der Waals surface area (Å²) in [7, 11) is 0. The topological polar surface area (TPSA) is 26.3 Å². The smallest absolute Gasteiger partial charge is 0.310 e. The van der Waals surface area contributed by atoms with Crippen LogP contribution in [0.4, 0.5) is 0 Å². The lowest BCUT2D eigenvalue weighted by Gasteiger charge is -2.06. The highest BCUT2D eigenvalue weighted by atomic mass is 16.5. The van der Waals surface area contributed by atoms with Gasteiger partial charge in [0.2, 0.25) is 0 Å². The Labute approximate surface area is 84.9 Å². The van der Waals surface area contributed by atoms with Gasteiger partial charge in [-0.1, -0.05) is 23.8 Å². The van der Waals surface area contributed by atoms with E-state index in [9.17, 15) is 4.79 Å². The average Bonchev–Trinajstić information content (AvgIpc) is 2.12. The van der Waals surface area contributed by atoms with Gasteiger partial charge >= 0.3 is 5.97 Å². The van der Waals surface area contributed by atoms with Crippen molar-refractivity contribution in [2.24, 2.45) is 0 Å². The van der Waals surface area contributed by atoms with Gasteiger partial charge in [-0.25, -0.2) is 0 Å². The van der Waals surface area contributed by atoms with Gasteiger partial charge in [0, 0.05) is 0 Å². The summed E-state index contributed by atoms with van der Waals surface area (Å²) in [6.07, 6.45) is 0.376. The van der Waals surface area contributed by atoms with E-state index in [1.54, 1.807) is 0 Å².